The maximum absolute atomic E-state index is 14.9. The normalized spacial score (nSPS) is 14.6. The van der Waals surface area contributed by atoms with Gasteiger partial charge in [-0.2, -0.15) is 0 Å². The largest absolute Gasteiger partial charge is 0.481 e. The highest BCUT2D eigenvalue weighted by Gasteiger charge is 2.31. The summed E-state index contributed by atoms with van der Waals surface area (Å²) in [5, 5.41) is 18.0. The zero-order valence-electron chi connectivity index (χ0n) is 27.1. The van der Waals surface area contributed by atoms with E-state index in [9.17, 15) is 23.9 Å². The van der Waals surface area contributed by atoms with Crippen LogP contribution >= 0.6 is 0 Å². The average molecular weight is 633 g/mol. The molecular weight excluding hydrogens is 587 g/mol. The summed E-state index contributed by atoms with van der Waals surface area (Å²) in [5.74, 6) is -1.99. The molecule has 3 aromatic carbocycles. The van der Waals surface area contributed by atoms with Crippen molar-refractivity contribution in [3.8, 4) is 11.1 Å². The minimum absolute atomic E-state index is 0.0269. The van der Waals surface area contributed by atoms with E-state index in [2.05, 4.69) is 40.2 Å². The van der Waals surface area contributed by atoms with Crippen LogP contribution in [0.1, 0.15) is 63.6 Å². The van der Waals surface area contributed by atoms with Crippen molar-refractivity contribution in [2.24, 2.45) is 17.1 Å². The van der Waals surface area contributed by atoms with Crippen LogP contribution in [0.3, 0.4) is 0 Å². The first-order valence-electron chi connectivity index (χ1n) is 15.7. The van der Waals surface area contributed by atoms with Gasteiger partial charge in [-0.05, 0) is 79.5 Å². The summed E-state index contributed by atoms with van der Waals surface area (Å²) < 4.78 is 20.6. The number of carboxylic acid groups (broad SMARTS) is 1. The molecule has 9 nitrogen and oxygen atoms in total. The Balaban J connectivity index is 1.26. The molecule has 1 aliphatic carbocycles. The fourth-order valence-electron chi connectivity index (χ4n) is 5.79. The Labute approximate surface area is 270 Å². The van der Waals surface area contributed by atoms with E-state index in [0.29, 0.717) is 18.5 Å². The number of hydrogen-bond donors (Lipinski definition) is 5. The van der Waals surface area contributed by atoms with Gasteiger partial charge in [-0.15, -0.1) is 0 Å². The highest BCUT2D eigenvalue weighted by Crippen LogP contribution is 2.44. The van der Waals surface area contributed by atoms with Crippen LogP contribution in [0.4, 0.5) is 14.9 Å². The summed E-state index contributed by atoms with van der Waals surface area (Å²) in [6.45, 7) is 9.29. The number of ether oxygens (including phenoxy) is 1. The van der Waals surface area contributed by atoms with E-state index in [1.54, 1.807) is 26.8 Å². The molecule has 0 fully saturated rings. The van der Waals surface area contributed by atoms with Gasteiger partial charge in [-0.25, -0.2) is 9.18 Å². The fourth-order valence-corrected chi connectivity index (χ4v) is 5.79. The molecule has 0 radical (unpaired) electrons. The van der Waals surface area contributed by atoms with Crippen molar-refractivity contribution in [2.45, 2.75) is 71.5 Å². The van der Waals surface area contributed by atoms with Crippen LogP contribution in [-0.4, -0.2) is 54.4 Å². The van der Waals surface area contributed by atoms with Gasteiger partial charge < -0.3 is 31.5 Å². The van der Waals surface area contributed by atoms with Gasteiger partial charge in [0, 0.05) is 24.5 Å². The summed E-state index contributed by atoms with van der Waals surface area (Å²) >= 11 is 0. The number of aliphatic carboxylic acids is 1. The molecule has 4 rings (SSSR count). The van der Waals surface area contributed by atoms with Gasteiger partial charge in [0.25, 0.3) is 0 Å². The third-order valence-electron chi connectivity index (χ3n) is 8.63. The lowest BCUT2D eigenvalue weighted by molar-refractivity contribution is -0.147. The van der Waals surface area contributed by atoms with E-state index < -0.39 is 41.3 Å². The number of benzene rings is 3. The molecule has 246 valence electrons. The zero-order chi connectivity index (χ0) is 33.6. The molecule has 0 bridgehead atoms. The molecule has 6 N–H and O–H groups in total. The van der Waals surface area contributed by atoms with Crippen molar-refractivity contribution < 1.29 is 28.6 Å². The van der Waals surface area contributed by atoms with Gasteiger partial charge in [0.2, 0.25) is 5.91 Å². The lowest BCUT2D eigenvalue weighted by atomic mass is 9.84. The number of nitrogens with two attached hydrogens (primary N) is 1. The SMILES string of the molecule is CC(C)[C@@H](CN[C@@H](C)C(=O)Nc1ccc(C[C@H](N)CC(C)(C)C(=O)O)cc1F)NC(=O)OCC1c2ccccc2-c2ccccc21. The van der Waals surface area contributed by atoms with E-state index in [1.165, 1.54) is 12.1 Å². The van der Waals surface area contributed by atoms with Crippen LogP contribution in [0.15, 0.2) is 66.7 Å². The van der Waals surface area contributed by atoms with Crippen LogP contribution < -0.4 is 21.7 Å². The Morgan fingerprint density at radius 1 is 0.978 bits per heavy atom. The second kappa shape index (κ2) is 14.9. The van der Waals surface area contributed by atoms with Crippen molar-refractivity contribution in [2.75, 3.05) is 18.5 Å². The number of carbonyl (C=O) groups is 3. The van der Waals surface area contributed by atoms with Gasteiger partial charge >= 0.3 is 12.1 Å². The molecule has 3 atom stereocenters. The highest BCUT2D eigenvalue weighted by atomic mass is 19.1. The molecular formula is C36H45FN4O5. The van der Waals surface area contributed by atoms with Crippen LogP contribution in [-0.2, 0) is 20.7 Å². The molecule has 0 unspecified atom stereocenters. The molecule has 0 spiro atoms. The van der Waals surface area contributed by atoms with E-state index in [0.717, 1.165) is 22.3 Å². The summed E-state index contributed by atoms with van der Waals surface area (Å²) in [4.78, 5) is 37.1. The van der Waals surface area contributed by atoms with E-state index in [1.807, 2.05) is 38.1 Å². The Hall–Kier alpha value is -4.28. The Morgan fingerprint density at radius 2 is 1.59 bits per heavy atom. The summed E-state index contributed by atoms with van der Waals surface area (Å²) in [5.41, 5.74) is 10.3. The summed E-state index contributed by atoms with van der Waals surface area (Å²) in [6.07, 6.45) is -0.000423. The quantitative estimate of drug-likeness (QED) is 0.154. The maximum atomic E-state index is 14.9. The van der Waals surface area contributed by atoms with Crippen LogP contribution in [0.25, 0.3) is 11.1 Å². The van der Waals surface area contributed by atoms with Gasteiger partial charge in [0.15, 0.2) is 0 Å². The van der Waals surface area contributed by atoms with E-state index in [-0.39, 0.29) is 36.6 Å². The molecule has 1 aliphatic rings. The number of carboxylic acids is 1. The molecule has 0 saturated heterocycles. The predicted octanol–water partition coefficient (Wildman–Crippen LogP) is 5.68. The standard InChI is InChI=1S/C36H45FN4O5/c1-21(2)32(41-35(45)46-20-29-27-12-8-6-10-25(27)26-11-7-9-13-28(26)29)19-39-22(3)33(42)40-31-15-14-23(17-30(31)37)16-24(38)18-36(4,5)34(43)44/h6-15,17,21-22,24,29,32,39H,16,18-20,38H2,1-5H3,(H,40,42)(H,41,45)(H,43,44)/t22-,24-,32+/m0/s1. The Morgan fingerprint density at radius 3 is 2.15 bits per heavy atom. The summed E-state index contributed by atoms with van der Waals surface area (Å²) in [6, 6.07) is 19.2. The Kier molecular flexibility index (Phi) is 11.2. The van der Waals surface area contributed by atoms with Gasteiger partial charge in [0.05, 0.1) is 17.1 Å². The number of rotatable bonds is 14. The molecule has 0 saturated carbocycles. The third-order valence-corrected chi connectivity index (χ3v) is 8.63. The van der Waals surface area contributed by atoms with Crippen molar-refractivity contribution in [1.82, 2.24) is 10.6 Å². The van der Waals surface area contributed by atoms with Crippen LogP contribution in [0.2, 0.25) is 0 Å². The first-order chi connectivity index (χ1) is 21.8. The monoisotopic (exact) mass is 632 g/mol. The second-order valence-electron chi connectivity index (χ2n) is 13.1. The van der Waals surface area contributed by atoms with Crippen LogP contribution in [0, 0.1) is 17.2 Å². The molecule has 2 amide bonds. The number of amides is 2. The lowest BCUT2D eigenvalue weighted by Crippen LogP contribution is -2.49. The fraction of sp³-hybridized carbons (Fsp3) is 0.417. The van der Waals surface area contributed by atoms with Gasteiger partial charge in [-0.3, -0.25) is 9.59 Å². The minimum Gasteiger partial charge on any atom is -0.481 e. The van der Waals surface area contributed by atoms with E-state index >= 15 is 0 Å². The number of alkyl carbamates (subject to hydrolysis) is 1. The Bertz CT molecular complexity index is 1510. The highest BCUT2D eigenvalue weighted by molar-refractivity contribution is 5.94. The number of anilines is 1. The maximum Gasteiger partial charge on any atom is 0.407 e. The van der Waals surface area contributed by atoms with Crippen LogP contribution in [0.5, 0.6) is 0 Å². The molecule has 0 heterocycles. The zero-order valence-corrected chi connectivity index (χ0v) is 27.1. The van der Waals surface area contributed by atoms with Crippen molar-refractivity contribution in [3.05, 3.63) is 89.2 Å². The smallest absolute Gasteiger partial charge is 0.407 e. The number of fused-ring (bicyclic) bond motifs is 3. The first-order valence-corrected chi connectivity index (χ1v) is 15.7. The third kappa shape index (κ3) is 8.50. The van der Waals surface area contributed by atoms with Crippen molar-refractivity contribution in [3.63, 3.8) is 0 Å². The number of nitrogens with one attached hydrogen (secondary N) is 3. The molecule has 10 heteroatoms. The molecule has 0 aliphatic heterocycles. The minimum atomic E-state index is -0.991. The molecule has 3 aromatic rings. The number of carbonyl (C=O) groups excluding carboxylic acids is 2. The molecule has 0 aromatic heterocycles. The van der Waals surface area contributed by atoms with Gasteiger partial charge in [-0.1, -0.05) is 68.4 Å². The molecule has 46 heavy (non-hydrogen) atoms. The topological polar surface area (TPSA) is 143 Å². The average Bonchev–Trinajstić information content (AvgIpc) is 3.32. The second-order valence-corrected chi connectivity index (χ2v) is 13.1. The predicted molar refractivity (Wildman–Crippen MR) is 177 cm³/mol. The number of hydrogen-bond acceptors (Lipinski definition) is 6. The van der Waals surface area contributed by atoms with Crippen molar-refractivity contribution in [1.29, 1.82) is 0 Å². The van der Waals surface area contributed by atoms with E-state index in [4.69, 9.17) is 10.5 Å². The number of halogens is 1. The summed E-state index contributed by atoms with van der Waals surface area (Å²) in [7, 11) is 0. The first kappa shape index (κ1) is 34.6. The van der Waals surface area contributed by atoms with Gasteiger partial charge in [0.1, 0.15) is 12.4 Å². The lowest BCUT2D eigenvalue weighted by Gasteiger charge is -2.25. The van der Waals surface area contributed by atoms with Crippen molar-refractivity contribution >= 4 is 23.7 Å².